The summed E-state index contributed by atoms with van der Waals surface area (Å²) in [6.07, 6.45) is 2.49. The van der Waals surface area contributed by atoms with Crippen molar-refractivity contribution in [3.8, 4) is 23.0 Å². The van der Waals surface area contributed by atoms with Crippen LogP contribution in [0.3, 0.4) is 0 Å². The van der Waals surface area contributed by atoms with Gasteiger partial charge in [-0.3, -0.25) is 18.9 Å². The number of aryl methyl sites for hydroxylation is 1. The van der Waals surface area contributed by atoms with E-state index in [9.17, 15) is 35.9 Å². The Labute approximate surface area is 342 Å². The van der Waals surface area contributed by atoms with Gasteiger partial charge in [0, 0.05) is 36.2 Å². The molecule has 312 valence electrons. The van der Waals surface area contributed by atoms with Gasteiger partial charge in [-0.2, -0.15) is 27.8 Å². The van der Waals surface area contributed by atoms with Crippen LogP contribution in [0.25, 0.3) is 22.0 Å². The molecule has 20 heteroatoms. The monoisotopic (exact) mass is 879 g/mol. The molecule has 1 saturated carbocycles. The zero-order valence-electron chi connectivity index (χ0n) is 31.5. The lowest BCUT2D eigenvalue weighted by Gasteiger charge is -2.23. The predicted octanol–water partition coefficient (Wildman–Crippen LogP) is 7.10. The largest absolute Gasteiger partial charge is 0.395 e. The Kier molecular flexibility index (Phi) is 11.3. The number of carbonyl (C=O) groups is 1. The topological polar surface area (TPSA) is 144 Å². The molecule has 7 rings (SSSR count). The van der Waals surface area contributed by atoms with Crippen molar-refractivity contribution in [2.24, 2.45) is 12.5 Å². The second-order valence-corrected chi connectivity index (χ2v) is 17.8. The second-order valence-electron chi connectivity index (χ2n) is 15.0. The number of nitrogens with zero attached hydrogens (tertiary/aromatic N) is 5. The predicted molar refractivity (Wildman–Crippen MR) is 211 cm³/mol. The molecule has 0 radical (unpaired) electrons. The van der Waals surface area contributed by atoms with Crippen LogP contribution in [-0.4, -0.2) is 56.8 Å². The molecule has 3 N–H and O–H groups in total. The van der Waals surface area contributed by atoms with Gasteiger partial charge in [0.25, 0.3) is 5.92 Å². The van der Waals surface area contributed by atoms with Gasteiger partial charge in [-0.15, -0.1) is 0 Å². The molecule has 1 fully saturated rings. The number of aliphatic hydroxyl groups is 1. The van der Waals surface area contributed by atoms with E-state index in [2.05, 4.69) is 32.1 Å². The minimum Gasteiger partial charge on any atom is -0.395 e. The first kappa shape index (κ1) is 42.4. The molecule has 1 unspecified atom stereocenters. The van der Waals surface area contributed by atoms with Gasteiger partial charge in [-0.05, 0) is 67.5 Å². The van der Waals surface area contributed by atoms with E-state index in [1.54, 1.807) is 18.2 Å². The first-order valence-corrected chi connectivity index (χ1v) is 21.2. The van der Waals surface area contributed by atoms with Crippen molar-refractivity contribution < 1.29 is 44.7 Å². The van der Waals surface area contributed by atoms with Crippen LogP contribution in [0.2, 0.25) is 5.02 Å². The summed E-state index contributed by atoms with van der Waals surface area (Å²) < 4.78 is 117. The summed E-state index contributed by atoms with van der Waals surface area (Å²) in [5.74, 6) is -0.295. The van der Waals surface area contributed by atoms with E-state index in [0.717, 1.165) is 31.2 Å². The van der Waals surface area contributed by atoms with E-state index >= 15 is 8.78 Å². The molecule has 0 bridgehead atoms. The number of alkyl halides is 4. The number of benzene rings is 2. The minimum absolute atomic E-state index is 0.0556. The Morgan fingerprint density at radius 1 is 1.07 bits per heavy atom. The summed E-state index contributed by atoms with van der Waals surface area (Å²) in [5, 5.41) is 21.4. The van der Waals surface area contributed by atoms with Gasteiger partial charge < -0.3 is 10.4 Å². The lowest BCUT2D eigenvalue weighted by atomic mass is 9.88. The van der Waals surface area contributed by atoms with E-state index in [-0.39, 0.29) is 58.2 Å². The molecule has 2 aromatic carbocycles. The summed E-state index contributed by atoms with van der Waals surface area (Å²) in [6.45, 7) is -1.13. The molecule has 0 saturated heterocycles. The first-order chi connectivity index (χ1) is 27.7. The molecular weight excluding hydrogens is 843 g/mol. The van der Waals surface area contributed by atoms with Crippen LogP contribution in [0.15, 0.2) is 42.5 Å². The normalized spacial score (nSPS) is 16.5. The van der Waals surface area contributed by atoms with E-state index in [1.165, 1.54) is 27.0 Å². The molecular formula is C39H37ClF6N7O4PS. The highest BCUT2D eigenvalue weighted by Crippen LogP contribution is 2.48. The highest BCUT2D eigenvalue weighted by Gasteiger charge is 2.48. The molecule has 2 aliphatic rings. The maximum Gasteiger partial charge on any atom is 0.302 e. The van der Waals surface area contributed by atoms with Crippen molar-refractivity contribution in [2.75, 3.05) is 17.6 Å². The van der Waals surface area contributed by atoms with Crippen LogP contribution in [0.4, 0.5) is 32.2 Å². The number of anilines is 1. The number of sulfonamides is 1. The molecule has 59 heavy (non-hydrogen) atoms. The Hall–Kier alpha value is -4.69. The summed E-state index contributed by atoms with van der Waals surface area (Å²) >= 11 is 6.61. The van der Waals surface area contributed by atoms with Crippen LogP contribution in [0, 0.1) is 28.9 Å². The molecule has 0 aliphatic heterocycles. The Bertz CT molecular complexity index is 2650. The van der Waals surface area contributed by atoms with Crippen LogP contribution in [0.5, 0.6) is 0 Å². The maximum absolute atomic E-state index is 15.1. The van der Waals surface area contributed by atoms with Gasteiger partial charge in [-0.1, -0.05) is 45.7 Å². The van der Waals surface area contributed by atoms with Crippen molar-refractivity contribution in [3.05, 3.63) is 93.0 Å². The number of rotatable bonds is 11. The van der Waals surface area contributed by atoms with E-state index < -0.39 is 75.0 Å². The van der Waals surface area contributed by atoms with E-state index in [0.29, 0.717) is 40.2 Å². The number of halogens is 7. The maximum atomic E-state index is 15.1. The van der Waals surface area contributed by atoms with Crippen LogP contribution >= 0.6 is 20.8 Å². The van der Waals surface area contributed by atoms with Crippen LogP contribution < -0.4 is 10.0 Å². The molecule has 1 amide bonds. The van der Waals surface area contributed by atoms with Crippen molar-refractivity contribution >= 4 is 53.5 Å². The lowest BCUT2D eigenvalue weighted by molar-refractivity contribution is -0.122. The molecule has 0 spiro atoms. The number of aliphatic hydroxyl groups excluding tert-OH is 1. The SMILES string of the molecule is Cn1nc(NS(C)(=O)=O)c2c(Cl)ccc(-c3ccc(C#CC4(CO)CCCC4)nc3[C@H](Cc3cc(F)cc(F)c3)NC(=O)Cn3nc(C(F)(F)P)c4c3C(F)(F)CC4)c21. The highest BCUT2D eigenvalue weighted by molar-refractivity contribution is 7.92. The Morgan fingerprint density at radius 3 is 2.39 bits per heavy atom. The Morgan fingerprint density at radius 2 is 1.75 bits per heavy atom. The molecule has 3 heterocycles. The summed E-state index contributed by atoms with van der Waals surface area (Å²) in [7, 11) is -1.02. The zero-order valence-corrected chi connectivity index (χ0v) is 34.2. The smallest absolute Gasteiger partial charge is 0.302 e. The van der Waals surface area contributed by atoms with Crippen molar-refractivity contribution in [3.63, 3.8) is 0 Å². The molecule has 5 aromatic rings. The number of amides is 1. The fraction of sp³-hybridized carbons (Fsp3) is 0.385. The summed E-state index contributed by atoms with van der Waals surface area (Å²) in [5.41, 5.74) is -5.14. The van der Waals surface area contributed by atoms with Crippen LogP contribution in [0.1, 0.15) is 72.0 Å². The molecule has 11 nitrogen and oxygen atoms in total. The van der Waals surface area contributed by atoms with Gasteiger partial charge in [-0.25, -0.2) is 22.2 Å². The number of nitrogens with one attached hydrogen (secondary N) is 2. The van der Waals surface area contributed by atoms with E-state index in [1.807, 2.05) is 0 Å². The number of carbonyl (C=O) groups excluding carboxylic acids is 1. The van der Waals surface area contributed by atoms with Crippen molar-refractivity contribution in [1.82, 2.24) is 29.9 Å². The summed E-state index contributed by atoms with van der Waals surface area (Å²) in [4.78, 5) is 18.9. The van der Waals surface area contributed by atoms with Crippen LogP contribution in [-0.2, 0) is 52.8 Å². The lowest BCUT2D eigenvalue weighted by Crippen LogP contribution is -2.35. The number of hydrogen-bond acceptors (Lipinski definition) is 7. The minimum atomic E-state index is -3.83. The van der Waals surface area contributed by atoms with Crippen molar-refractivity contribution in [1.29, 1.82) is 0 Å². The first-order valence-electron chi connectivity index (χ1n) is 18.3. The average Bonchev–Trinajstić information content (AvgIpc) is 3.91. The van der Waals surface area contributed by atoms with Gasteiger partial charge in [0.15, 0.2) is 5.82 Å². The van der Waals surface area contributed by atoms with Gasteiger partial charge in [0.05, 0.1) is 45.9 Å². The van der Waals surface area contributed by atoms with Gasteiger partial charge in [0.1, 0.15) is 35.3 Å². The van der Waals surface area contributed by atoms with E-state index in [4.69, 9.17) is 16.6 Å². The third-order valence-corrected chi connectivity index (χ3v) is 11.6. The molecule has 2 atom stereocenters. The number of fused-ring (bicyclic) bond motifs is 2. The number of hydrogen-bond donors (Lipinski definition) is 3. The fourth-order valence-electron chi connectivity index (χ4n) is 7.94. The quantitative estimate of drug-likeness (QED) is 0.0730. The fourth-order valence-corrected chi connectivity index (χ4v) is 8.90. The average molecular weight is 880 g/mol. The molecule has 2 aliphatic carbocycles. The standard InChI is InChI=1S/C39H37ClF6N7O4PS/c1-52-33-26(7-8-28(40)31(33)36(50-52)51-59(2,56)57)25-6-5-24(9-13-37(20-54)11-3-4-12-37)47-32(25)29(17-21-15-22(41)18-23(42)16-21)48-30(55)19-53-35-27(10-14-38(35,43)44)34(49-53)39(45,46)58/h5-8,15-16,18,29,54H,3-4,10-12,14,17,19-20,58H2,1-2H3,(H,48,55)(H,50,51)/t29-/m0/s1. The highest BCUT2D eigenvalue weighted by atomic mass is 35.5. The van der Waals surface area contributed by atoms with Gasteiger partial charge in [0.2, 0.25) is 15.9 Å². The summed E-state index contributed by atoms with van der Waals surface area (Å²) in [6, 6.07) is 7.71. The molecule has 3 aromatic heterocycles. The number of aromatic nitrogens is 5. The zero-order chi connectivity index (χ0) is 42.7. The number of pyridine rings is 1. The van der Waals surface area contributed by atoms with Gasteiger partial charge >= 0.3 is 5.66 Å². The second kappa shape index (κ2) is 15.7. The Balaban J connectivity index is 1.40. The third-order valence-electron chi connectivity index (χ3n) is 10.5. The van der Waals surface area contributed by atoms with Crippen molar-refractivity contribution in [2.45, 2.75) is 69.1 Å². The third kappa shape index (κ3) is 8.80.